The van der Waals surface area contributed by atoms with Crippen LogP contribution in [-0.2, 0) is 14.9 Å². The Morgan fingerprint density at radius 2 is 2.05 bits per heavy atom. The molecular formula is C13H18N4O2. The van der Waals surface area contributed by atoms with E-state index in [2.05, 4.69) is 15.3 Å². The zero-order chi connectivity index (χ0) is 13.9. The topological polar surface area (TPSA) is 69.4 Å². The van der Waals surface area contributed by atoms with Crippen molar-refractivity contribution < 1.29 is 9.53 Å². The monoisotopic (exact) mass is 262 g/mol. The molecule has 19 heavy (non-hydrogen) atoms. The van der Waals surface area contributed by atoms with Gasteiger partial charge in [-0.1, -0.05) is 13.8 Å². The van der Waals surface area contributed by atoms with Crippen LogP contribution in [0.2, 0.25) is 0 Å². The van der Waals surface area contributed by atoms with Gasteiger partial charge in [-0.2, -0.15) is 9.61 Å². The van der Waals surface area contributed by atoms with Crippen molar-refractivity contribution in [1.29, 1.82) is 0 Å². The van der Waals surface area contributed by atoms with Crippen molar-refractivity contribution in [2.75, 3.05) is 6.61 Å². The lowest BCUT2D eigenvalue weighted by atomic mass is 9.81. The molecule has 0 aliphatic carbocycles. The molecule has 0 aliphatic heterocycles. The Morgan fingerprint density at radius 1 is 1.32 bits per heavy atom. The van der Waals surface area contributed by atoms with Crippen molar-refractivity contribution in [2.24, 2.45) is 0 Å². The third kappa shape index (κ3) is 2.07. The fraction of sp³-hybridized carbons (Fsp3) is 0.538. The first-order valence-electron chi connectivity index (χ1n) is 6.53. The van der Waals surface area contributed by atoms with E-state index in [1.807, 2.05) is 19.9 Å². The third-order valence-corrected chi connectivity index (χ3v) is 3.48. The summed E-state index contributed by atoms with van der Waals surface area (Å²) >= 11 is 0. The number of hydrogen-bond donors (Lipinski definition) is 0. The average molecular weight is 262 g/mol. The smallest absolute Gasteiger partial charge is 0.319 e. The molecule has 2 aromatic rings. The van der Waals surface area contributed by atoms with Gasteiger partial charge in [-0.25, -0.2) is 0 Å². The van der Waals surface area contributed by atoms with E-state index in [9.17, 15) is 4.79 Å². The van der Waals surface area contributed by atoms with Gasteiger partial charge in [0.15, 0.2) is 11.5 Å². The minimum absolute atomic E-state index is 0.264. The third-order valence-electron chi connectivity index (χ3n) is 3.48. The predicted molar refractivity (Wildman–Crippen MR) is 69.7 cm³/mol. The van der Waals surface area contributed by atoms with Crippen LogP contribution in [0.25, 0.3) is 5.65 Å². The van der Waals surface area contributed by atoms with Gasteiger partial charge in [-0.15, -0.1) is 10.2 Å². The summed E-state index contributed by atoms with van der Waals surface area (Å²) in [6.45, 7) is 6.05. The fourth-order valence-electron chi connectivity index (χ4n) is 2.26. The van der Waals surface area contributed by atoms with Gasteiger partial charge in [0.1, 0.15) is 5.41 Å². The van der Waals surface area contributed by atoms with Crippen molar-refractivity contribution in [3.8, 4) is 0 Å². The van der Waals surface area contributed by atoms with Crippen LogP contribution in [0, 0.1) is 0 Å². The Labute approximate surface area is 111 Å². The molecule has 0 atom stereocenters. The minimum atomic E-state index is -0.788. The maximum atomic E-state index is 12.3. The lowest BCUT2D eigenvalue weighted by molar-refractivity contribution is -0.151. The van der Waals surface area contributed by atoms with E-state index < -0.39 is 5.41 Å². The lowest BCUT2D eigenvalue weighted by Gasteiger charge is -2.26. The maximum absolute atomic E-state index is 12.3. The Hall–Kier alpha value is -1.98. The molecule has 0 saturated carbocycles. The fourth-order valence-corrected chi connectivity index (χ4v) is 2.26. The van der Waals surface area contributed by atoms with Crippen molar-refractivity contribution in [3.63, 3.8) is 0 Å². The number of carbonyl (C=O) groups is 1. The Morgan fingerprint density at radius 3 is 2.68 bits per heavy atom. The van der Waals surface area contributed by atoms with Gasteiger partial charge in [0.05, 0.1) is 6.61 Å². The van der Waals surface area contributed by atoms with Crippen LogP contribution in [0.3, 0.4) is 0 Å². The number of carbonyl (C=O) groups excluding carboxylic acids is 1. The molecule has 6 heteroatoms. The molecule has 102 valence electrons. The first-order valence-corrected chi connectivity index (χ1v) is 6.53. The number of aromatic nitrogens is 4. The van der Waals surface area contributed by atoms with E-state index in [0.717, 1.165) is 0 Å². The van der Waals surface area contributed by atoms with E-state index in [0.29, 0.717) is 30.9 Å². The lowest BCUT2D eigenvalue weighted by Crippen LogP contribution is -2.38. The number of hydrogen-bond acceptors (Lipinski definition) is 5. The summed E-state index contributed by atoms with van der Waals surface area (Å²) in [6.07, 6.45) is 2.85. The molecule has 0 fully saturated rings. The Kier molecular flexibility index (Phi) is 3.78. The number of nitrogens with zero attached hydrogens (tertiary/aromatic N) is 4. The molecule has 0 spiro atoms. The summed E-state index contributed by atoms with van der Waals surface area (Å²) < 4.78 is 6.83. The Bertz CT molecular complexity index is 575. The number of esters is 1. The van der Waals surface area contributed by atoms with Crippen LogP contribution in [0.4, 0.5) is 0 Å². The standard InChI is InChI=1S/C13H18N4O2/c1-4-13(5-2,12(18)19-6-3)11-16-15-10-8-7-9-14-17(10)11/h7-9H,4-6H2,1-3H3. The molecular weight excluding hydrogens is 244 g/mol. The maximum Gasteiger partial charge on any atom is 0.319 e. The van der Waals surface area contributed by atoms with Gasteiger partial charge in [-0.05, 0) is 31.9 Å². The molecule has 0 unspecified atom stereocenters. The molecule has 0 aliphatic rings. The normalized spacial score (nSPS) is 11.7. The second kappa shape index (κ2) is 5.34. The minimum Gasteiger partial charge on any atom is -0.465 e. The van der Waals surface area contributed by atoms with Crippen molar-refractivity contribution >= 4 is 11.6 Å². The molecule has 6 nitrogen and oxygen atoms in total. The first-order chi connectivity index (χ1) is 9.19. The first kappa shape index (κ1) is 13.5. The molecule has 0 amide bonds. The van der Waals surface area contributed by atoms with Gasteiger partial charge >= 0.3 is 5.97 Å². The van der Waals surface area contributed by atoms with Crippen LogP contribution >= 0.6 is 0 Å². The second-order valence-corrected chi connectivity index (χ2v) is 4.33. The number of ether oxygens (including phenoxy) is 1. The summed E-state index contributed by atoms with van der Waals surface area (Å²) in [5.74, 6) is 0.284. The summed E-state index contributed by atoms with van der Waals surface area (Å²) in [7, 11) is 0. The van der Waals surface area contributed by atoms with E-state index in [1.54, 1.807) is 23.7 Å². The van der Waals surface area contributed by atoms with E-state index >= 15 is 0 Å². The highest BCUT2D eigenvalue weighted by Gasteiger charge is 2.43. The largest absolute Gasteiger partial charge is 0.465 e. The molecule has 2 aromatic heterocycles. The van der Waals surface area contributed by atoms with Crippen molar-refractivity contribution in [2.45, 2.75) is 39.0 Å². The Balaban J connectivity index is 2.58. The van der Waals surface area contributed by atoms with Crippen molar-refractivity contribution in [1.82, 2.24) is 19.8 Å². The summed E-state index contributed by atoms with van der Waals surface area (Å²) in [5.41, 5.74) is -0.155. The molecule has 0 bridgehead atoms. The van der Waals surface area contributed by atoms with E-state index in [4.69, 9.17) is 4.74 Å². The number of rotatable bonds is 5. The predicted octanol–water partition coefficient (Wildman–Crippen LogP) is 1.75. The second-order valence-electron chi connectivity index (χ2n) is 4.33. The summed E-state index contributed by atoms with van der Waals surface area (Å²) in [4.78, 5) is 12.3. The van der Waals surface area contributed by atoms with Gasteiger partial charge in [0, 0.05) is 6.20 Å². The van der Waals surface area contributed by atoms with Gasteiger partial charge in [0.2, 0.25) is 0 Å². The zero-order valence-corrected chi connectivity index (χ0v) is 11.5. The molecule has 2 heterocycles. The van der Waals surface area contributed by atoms with Crippen LogP contribution in [-0.4, -0.2) is 32.4 Å². The highest BCUT2D eigenvalue weighted by atomic mass is 16.5. The van der Waals surface area contributed by atoms with Crippen molar-refractivity contribution in [3.05, 3.63) is 24.2 Å². The van der Waals surface area contributed by atoms with Crippen LogP contribution in [0.15, 0.2) is 18.3 Å². The summed E-state index contributed by atoms with van der Waals surface area (Å²) in [5, 5.41) is 12.5. The molecule has 2 rings (SSSR count). The molecule has 0 aromatic carbocycles. The summed E-state index contributed by atoms with van der Waals surface area (Å²) in [6, 6.07) is 3.60. The quantitative estimate of drug-likeness (QED) is 0.768. The van der Waals surface area contributed by atoms with Crippen LogP contribution < -0.4 is 0 Å². The van der Waals surface area contributed by atoms with E-state index in [1.165, 1.54) is 0 Å². The zero-order valence-electron chi connectivity index (χ0n) is 11.5. The highest BCUT2D eigenvalue weighted by molar-refractivity contribution is 5.82. The molecule has 0 N–H and O–H groups in total. The average Bonchev–Trinajstić information content (AvgIpc) is 2.86. The van der Waals surface area contributed by atoms with Crippen LogP contribution in [0.1, 0.15) is 39.4 Å². The van der Waals surface area contributed by atoms with Gasteiger partial charge in [0.25, 0.3) is 0 Å². The molecule has 0 saturated heterocycles. The molecule has 0 radical (unpaired) electrons. The number of fused-ring (bicyclic) bond motifs is 1. The van der Waals surface area contributed by atoms with Gasteiger partial charge in [-0.3, -0.25) is 4.79 Å². The highest BCUT2D eigenvalue weighted by Crippen LogP contribution is 2.31. The van der Waals surface area contributed by atoms with E-state index in [-0.39, 0.29) is 5.97 Å². The van der Waals surface area contributed by atoms with Crippen LogP contribution in [0.5, 0.6) is 0 Å². The SMILES string of the molecule is CCOC(=O)C(CC)(CC)c1nnc2cccnn12. The van der Waals surface area contributed by atoms with Gasteiger partial charge < -0.3 is 4.74 Å².